The Hall–Kier alpha value is -1.72. The number of carbonyl (C=O) groups excluding carboxylic acids is 1. The van der Waals surface area contributed by atoms with Crippen LogP contribution in [-0.4, -0.2) is 26.8 Å². The van der Waals surface area contributed by atoms with Gasteiger partial charge >= 0.3 is 13.6 Å². The monoisotopic (exact) mass is 324 g/mol. The molecular weight excluding hydrogens is 309 g/mol. The van der Waals surface area contributed by atoms with Gasteiger partial charge in [-0.2, -0.15) is 9.19 Å². The summed E-state index contributed by atoms with van der Waals surface area (Å²) in [5, 5.41) is 7.41. The van der Waals surface area contributed by atoms with Crippen LogP contribution >= 0.6 is 7.86 Å². The molecule has 2 atom stereocenters. The molecule has 0 saturated heterocycles. The second kappa shape index (κ2) is 5.95. The molecule has 1 aliphatic heterocycles. The molecule has 1 aliphatic rings. The molecule has 2 unspecified atom stereocenters. The van der Waals surface area contributed by atoms with Gasteiger partial charge in [0.25, 0.3) is 5.90 Å². The van der Waals surface area contributed by atoms with Crippen molar-refractivity contribution >= 4 is 36.7 Å². The van der Waals surface area contributed by atoms with E-state index in [1.807, 2.05) is 20.8 Å². The second-order valence-electron chi connectivity index (χ2n) is 5.31. The smallest absolute Gasteiger partial charge is 0.364 e. The van der Waals surface area contributed by atoms with E-state index < -0.39 is 29.3 Å². The fourth-order valence-corrected chi connectivity index (χ4v) is 2.54. The first-order valence-electron chi connectivity index (χ1n) is 6.15. The summed E-state index contributed by atoms with van der Waals surface area (Å²) in [7, 11) is -3.17. The van der Waals surface area contributed by atoms with Crippen molar-refractivity contribution in [2.24, 2.45) is 9.16 Å². The van der Waals surface area contributed by atoms with Gasteiger partial charge in [-0.3, -0.25) is 0 Å². The Morgan fingerprint density at radius 1 is 1.43 bits per heavy atom. The van der Waals surface area contributed by atoms with Crippen molar-refractivity contribution in [2.75, 3.05) is 0 Å². The zero-order valence-corrected chi connectivity index (χ0v) is 13.6. The Morgan fingerprint density at radius 2 is 2.14 bits per heavy atom. The maximum Gasteiger partial charge on any atom is 0.570 e. The van der Waals surface area contributed by atoms with Gasteiger partial charge in [0.05, 0.1) is 4.75 Å². The third-order valence-corrected chi connectivity index (χ3v) is 4.67. The lowest BCUT2D eigenvalue weighted by Crippen LogP contribution is -2.19. The minimum absolute atomic E-state index is 0.160. The Kier molecular flexibility index (Phi) is 4.44. The van der Waals surface area contributed by atoms with E-state index in [2.05, 4.69) is 9.16 Å². The lowest BCUT2D eigenvalue weighted by atomic mass is 10.1. The van der Waals surface area contributed by atoms with Gasteiger partial charge in [-0.15, -0.1) is 0 Å². The highest BCUT2D eigenvalue weighted by Gasteiger charge is 2.37. The molecule has 0 radical (unpaired) electrons. The minimum atomic E-state index is -1.84. The van der Waals surface area contributed by atoms with Crippen LogP contribution in [0.25, 0.3) is 0 Å². The van der Waals surface area contributed by atoms with Gasteiger partial charge in [0, 0.05) is 16.5 Å². The highest BCUT2D eigenvalue weighted by Crippen LogP contribution is 2.34. The Balaban J connectivity index is 2.22. The zero-order valence-electron chi connectivity index (χ0n) is 11.9. The fourth-order valence-electron chi connectivity index (χ4n) is 1.41. The molecule has 0 fully saturated rings. The molecule has 0 spiro atoms. The molecule has 110 valence electrons. The molecule has 0 amide bonds. The van der Waals surface area contributed by atoms with E-state index in [0.717, 1.165) is 5.56 Å². The highest BCUT2D eigenvalue weighted by molar-refractivity contribution is 7.85. The number of nitrogens with zero attached hydrogens (tertiary/aromatic N) is 2. The molecule has 1 N–H and O–H groups in total. The van der Waals surface area contributed by atoms with Crippen molar-refractivity contribution in [3.05, 3.63) is 35.4 Å². The summed E-state index contributed by atoms with van der Waals surface area (Å²) in [6.45, 7) is 5.54. The Morgan fingerprint density at radius 3 is 2.71 bits per heavy atom. The van der Waals surface area contributed by atoms with Gasteiger partial charge in [-0.1, -0.05) is 17.3 Å². The molecule has 1 heterocycles. The SMILES string of the molecule is CC(C)(C)S(=O)N=Cc1cccc(C2=N[P+](=N)C(=O)O2)c1. The van der Waals surface area contributed by atoms with Crippen molar-refractivity contribution in [3.63, 3.8) is 0 Å². The quantitative estimate of drug-likeness (QED) is 0.680. The summed E-state index contributed by atoms with van der Waals surface area (Å²) in [5.41, 5.74) is 0.712. The molecule has 1 aromatic rings. The molecule has 0 bridgehead atoms. The maximum absolute atomic E-state index is 11.9. The molecule has 0 aliphatic carbocycles. The van der Waals surface area contributed by atoms with Crippen LogP contribution in [0.2, 0.25) is 0 Å². The van der Waals surface area contributed by atoms with Crippen LogP contribution in [0.4, 0.5) is 4.79 Å². The number of cyclic esters (lactones) is 1. The molecule has 1 aromatic carbocycles. The Bertz CT molecular complexity index is 692. The van der Waals surface area contributed by atoms with Crippen LogP contribution in [0.1, 0.15) is 31.9 Å². The van der Waals surface area contributed by atoms with Crippen LogP contribution in [0.3, 0.4) is 0 Å². The van der Waals surface area contributed by atoms with E-state index in [0.29, 0.717) is 5.56 Å². The van der Waals surface area contributed by atoms with E-state index in [4.69, 9.17) is 9.90 Å². The first kappa shape index (κ1) is 15.7. The van der Waals surface area contributed by atoms with Gasteiger partial charge in [-0.05, 0) is 38.5 Å². The summed E-state index contributed by atoms with van der Waals surface area (Å²) >= 11 is 0. The standard InChI is InChI=1S/C13H15N3O3PS/c1-13(2,3)21(18)15-8-9-5-4-6-10(7-9)11-16-20(14)12(17)19-11/h4-8,14H,1-3H3/q+1. The minimum Gasteiger partial charge on any atom is -0.364 e. The van der Waals surface area contributed by atoms with Crippen molar-refractivity contribution < 1.29 is 13.7 Å². The molecule has 2 rings (SSSR count). The third kappa shape index (κ3) is 3.89. The van der Waals surface area contributed by atoms with Crippen molar-refractivity contribution in [2.45, 2.75) is 25.5 Å². The average Bonchev–Trinajstić information content (AvgIpc) is 2.75. The Labute approximate surface area is 126 Å². The predicted molar refractivity (Wildman–Crippen MR) is 84.6 cm³/mol. The van der Waals surface area contributed by atoms with Gasteiger partial charge in [0.2, 0.25) is 0 Å². The first-order valence-corrected chi connectivity index (χ1v) is 8.56. The maximum atomic E-state index is 11.9. The van der Waals surface area contributed by atoms with Gasteiger partial charge in [0.1, 0.15) is 11.0 Å². The van der Waals surface area contributed by atoms with Gasteiger partial charge < -0.3 is 4.74 Å². The number of hydrogen-bond acceptors (Lipinski definition) is 4. The van der Waals surface area contributed by atoms with Gasteiger partial charge in [-0.25, -0.2) is 4.21 Å². The fraction of sp³-hybridized carbons (Fsp3) is 0.308. The topological polar surface area (TPSA) is 91.9 Å². The number of rotatable bonds is 3. The van der Waals surface area contributed by atoms with E-state index in [-0.39, 0.29) is 5.90 Å². The average molecular weight is 324 g/mol. The van der Waals surface area contributed by atoms with Crippen LogP contribution < -0.4 is 0 Å². The first-order chi connectivity index (χ1) is 9.77. The molecule has 6 nitrogen and oxygen atoms in total. The van der Waals surface area contributed by atoms with E-state index in [1.165, 1.54) is 6.21 Å². The predicted octanol–water partition coefficient (Wildman–Crippen LogP) is 3.62. The molecule has 8 heteroatoms. The van der Waals surface area contributed by atoms with Gasteiger partial charge in [0.15, 0.2) is 0 Å². The summed E-state index contributed by atoms with van der Waals surface area (Å²) < 4.78 is 24.3. The van der Waals surface area contributed by atoms with Crippen LogP contribution in [0.5, 0.6) is 0 Å². The zero-order chi connectivity index (χ0) is 15.6. The lowest BCUT2D eigenvalue weighted by Gasteiger charge is -2.12. The third-order valence-electron chi connectivity index (χ3n) is 2.50. The van der Waals surface area contributed by atoms with Crippen LogP contribution in [-0.2, 0) is 15.7 Å². The van der Waals surface area contributed by atoms with E-state index in [1.54, 1.807) is 24.3 Å². The second-order valence-corrected chi connectivity index (χ2v) is 8.43. The van der Waals surface area contributed by atoms with Crippen molar-refractivity contribution in [3.8, 4) is 0 Å². The number of ether oxygens (including phenoxy) is 1. The lowest BCUT2D eigenvalue weighted by molar-refractivity contribution is 0.225. The molecule has 21 heavy (non-hydrogen) atoms. The van der Waals surface area contributed by atoms with E-state index >= 15 is 0 Å². The summed E-state index contributed by atoms with van der Waals surface area (Å²) in [4.78, 5) is 11.2. The van der Waals surface area contributed by atoms with E-state index in [9.17, 15) is 9.00 Å². The largest absolute Gasteiger partial charge is 0.570 e. The molecular formula is C13H15N3O3PS+. The normalized spacial score (nSPS) is 18.7. The summed E-state index contributed by atoms with van der Waals surface area (Å²) in [6, 6.07) is 7.02. The molecule has 0 aromatic heterocycles. The number of benzene rings is 1. The van der Waals surface area contributed by atoms with Crippen molar-refractivity contribution in [1.29, 1.82) is 5.16 Å². The molecule has 0 saturated carbocycles. The number of nitrogens with one attached hydrogen (secondary N) is 1. The van der Waals surface area contributed by atoms with Crippen LogP contribution in [0, 0.1) is 5.16 Å². The van der Waals surface area contributed by atoms with Crippen LogP contribution in [0.15, 0.2) is 33.4 Å². The van der Waals surface area contributed by atoms with Crippen molar-refractivity contribution in [1.82, 2.24) is 0 Å². The number of hydrogen-bond donors (Lipinski definition) is 1. The summed E-state index contributed by atoms with van der Waals surface area (Å²) in [6.07, 6.45) is 1.52. The highest BCUT2D eigenvalue weighted by atomic mass is 32.2. The summed E-state index contributed by atoms with van der Waals surface area (Å²) in [5.74, 6) is 0.160. The number of carbonyl (C=O) groups is 1.